The Labute approximate surface area is 169 Å². The fraction of sp³-hybridized carbons (Fsp3) is 0.524. The van der Waals surface area contributed by atoms with Crippen LogP contribution in [0.15, 0.2) is 22.7 Å². The Morgan fingerprint density at radius 2 is 2.03 bits per heavy atom. The summed E-state index contributed by atoms with van der Waals surface area (Å²) < 4.78 is 16.4. The summed E-state index contributed by atoms with van der Waals surface area (Å²) in [6, 6.07) is 5.38. The van der Waals surface area contributed by atoms with Crippen LogP contribution in [0.4, 0.5) is 0 Å². The molecule has 1 aliphatic rings. The zero-order chi connectivity index (χ0) is 21.0. The molecule has 1 fully saturated rings. The summed E-state index contributed by atoms with van der Waals surface area (Å²) in [7, 11) is 0. The smallest absolute Gasteiger partial charge is 0.332 e. The maximum Gasteiger partial charge on any atom is 0.332 e. The third-order valence-corrected chi connectivity index (χ3v) is 4.65. The second-order valence-corrected chi connectivity index (χ2v) is 8.12. The number of hydrogen-bond donors (Lipinski definition) is 1. The van der Waals surface area contributed by atoms with E-state index in [1.165, 1.54) is 0 Å². The number of fused-ring (bicyclic) bond motifs is 1. The zero-order valence-corrected chi connectivity index (χ0v) is 16.9. The van der Waals surface area contributed by atoms with Gasteiger partial charge in [0.15, 0.2) is 0 Å². The highest BCUT2D eigenvalue weighted by Gasteiger charge is 2.27. The van der Waals surface area contributed by atoms with Crippen molar-refractivity contribution in [1.29, 1.82) is 5.26 Å². The summed E-state index contributed by atoms with van der Waals surface area (Å²) in [4.78, 5) is 28.4. The first kappa shape index (κ1) is 20.8. The summed E-state index contributed by atoms with van der Waals surface area (Å²) in [5.41, 5.74) is -0.0648. The molecule has 1 aliphatic carbocycles. The first-order valence-corrected chi connectivity index (χ1v) is 9.69. The van der Waals surface area contributed by atoms with Crippen LogP contribution in [0.1, 0.15) is 62.6 Å². The average Bonchev–Trinajstić information content (AvgIpc) is 3.05. The van der Waals surface area contributed by atoms with Crippen LogP contribution in [0.2, 0.25) is 0 Å². The van der Waals surface area contributed by atoms with Gasteiger partial charge in [-0.2, -0.15) is 5.26 Å². The molecule has 2 aromatic rings. The van der Waals surface area contributed by atoms with Gasteiger partial charge in [0.05, 0.1) is 11.5 Å². The third kappa shape index (κ3) is 5.33. The summed E-state index contributed by atoms with van der Waals surface area (Å²) in [5.74, 6) is -0.808. The summed E-state index contributed by atoms with van der Waals surface area (Å²) in [6.45, 7) is 5.37. The number of rotatable bonds is 5. The van der Waals surface area contributed by atoms with E-state index in [4.69, 9.17) is 13.9 Å². The molecule has 3 rings (SSSR count). The van der Waals surface area contributed by atoms with Crippen molar-refractivity contribution in [3.63, 3.8) is 0 Å². The van der Waals surface area contributed by atoms with Gasteiger partial charge in [0.25, 0.3) is 5.91 Å². The van der Waals surface area contributed by atoms with Gasteiger partial charge in [0.1, 0.15) is 23.8 Å². The molecule has 0 bridgehead atoms. The van der Waals surface area contributed by atoms with E-state index in [0.717, 1.165) is 12.8 Å². The predicted octanol–water partition coefficient (Wildman–Crippen LogP) is 3.10. The van der Waals surface area contributed by atoms with Crippen molar-refractivity contribution in [2.45, 2.75) is 64.2 Å². The van der Waals surface area contributed by atoms with E-state index in [1.54, 1.807) is 18.3 Å². The lowest BCUT2D eigenvalue weighted by molar-refractivity contribution is -0.162. The van der Waals surface area contributed by atoms with Crippen molar-refractivity contribution in [3.8, 4) is 6.07 Å². The van der Waals surface area contributed by atoms with E-state index in [-0.39, 0.29) is 41.8 Å². The van der Waals surface area contributed by atoms with Crippen LogP contribution in [0.5, 0.6) is 0 Å². The molecular weight excluding hydrogens is 374 g/mol. The van der Waals surface area contributed by atoms with Gasteiger partial charge in [-0.05, 0) is 58.6 Å². The minimum atomic E-state index is -0.531. The molecule has 8 nitrogen and oxygen atoms in total. The lowest BCUT2D eigenvalue weighted by atomic mass is 9.93. The van der Waals surface area contributed by atoms with Crippen LogP contribution in [-0.4, -0.2) is 41.2 Å². The number of nitrogens with one attached hydrogen (secondary N) is 1. The third-order valence-electron chi connectivity index (χ3n) is 4.65. The molecule has 1 N–H and O–H groups in total. The van der Waals surface area contributed by atoms with Gasteiger partial charge in [-0.3, -0.25) is 4.79 Å². The number of carbonyl (C=O) groups is 2. The van der Waals surface area contributed by atoms with Crippen LogP contribution in [0, 0.1) is 11.3 Å². The minimum Gasteiger partial charge on any atom is -0.458 e. The SMILES string of the molecule is CC(C)(C)OC(=O)COC1CCC(NC(=O)c2oc3ncccc3c2C#N)CC1. The van der Waals surface area contributed by atoms with Gasteiger partial charge in [-0.15, -0.1) is 0 Å². The van der Waals surface area contributed by atoms with Crippen LogP contribution in [0.25, 0.3) is 11.1 Å². The first-order valence-electron chi connectivity index (χ1n) is 9.69. The van der Waals surface area contributed by atoms with Gasteiger partial charge < -0.3 is 19.2 Å². The number of nitrogens with zero attached hydrogens (tertiary/aromatic N) is 2. The molecular formula is C21H25N3O5. The van der Waals surface area contributed by atoms with E-state index in [2.05, 4.69) is 10.3 Å². The number of hydrogen-bond acceptors (Lipinski definition) is 7. The predicted molar refractivity (Wildman–Crippen MR) is 104 cm³/mol. The Bertz CT molecular complexity index is 930. The Hall–Kier alpha value is -2.92. The van der Waals surface area contributed by atoms with Crippen molar-refractivity contribution in [2.24, 2.45) is 0 Å². The van der Waals surface area contributed by atoms with Gasteiger partial charge >= 0.3 is 5.97 Å². The lowest BCUT2D eigenvalue weighted by Gasteiger charge is -2.29. The molecule has 1 amide bonds. The molecule has 0 aliphatic heterocycles. The van der Waals surface area contributed by atoms with Gasteiger partial charge in [-0.1, -0.05) is 0 Å². The molecule has 2 aromatic heterocycles. The quantitative estimate of drug-likeness (QED) is 0.768. The second kappa shape index (κ2) is 8.62. The Kier molecular flexibility index (Phi) is 6.18. The molecule has 8 heteroatoms. The van der Waals surface area contributed by atoms with Gasteiger partial charge in [0.2, 0.25) is 11.5 Å². The largest absolute Gasteiger partial charge is 0.458 e. The van der Waals surface area contributed by atoms with Crippen LogP contribution in [0.3, 0.4) is 0 Å². The fourth-order valence-electron chi connectivity index (χ4n) is 3.38. The van der Waals surface area contributed by atoms with Crippen molar-refractivity contribution in [2.75, 3.05) is 6.61 Å². The number of aromatic nitrogens is 1. The maximum atomic E-state index is 12.6. The Morgan fingerprint density at radius 3 is 2.69 bits per heavy atom. The number of nitriles is 1. The summed E-state index contributed by atoms with van der Waals surface area (Å²) in [5, 5.41) is 12.9. The number of carbonyl (C=O) groups excluding carboxylic acids is 2. The van der Waals surface area contributed by atoms with Crippen molar-refractivity contribution in [3.05, 3.63) is 29.7 Å². The molecule has 0 unspecified atom stereocenters. The van der Waals surface area contributed by atoms with Crippen molar-refractivity contribution < 1.29 is 23.5 Å². The fourth-order valence-corrected chi connectivity index (χ4v) is 3.38. The van der Waals surface area contributed by atoms with E-state index < -0.39 is 11.5 Å². The summed E-state index contributed by atoms with van der Waals surface area (Å²) >= 11 is 0. The van der Waals surface area contributed by atoms with E-state index in [1.807, 2.05) is 26.8 Å². The normalized spacial score (nSPS) is 19.5. The molecule has 29 heavy (non-hydrogen) atoms. The number of amides is 1. The standard InChI is InChI=1S/C21H25N3O5/c1-21(2,3)29-17(25)12-27-14-8-6-13(7-9-14)24-19(26)18-16(11-22)15-5-4-10-23-20(15)28-18/h4-5,10,13-14H,6-9,12H2,1-3H3,(H,24,26). The topological polar surface area (TPSA) is 114 Å². The van der Waals surface area contributed by atoms with Crippen LogP contribution < -0.4 is 5.32 Å². The monoisotopic (exact) mass is 399 g/mol. The van der Waals surface area contributed by atoms with Crippen molar-refractivity contribution in [1.82, 2.24) is 10.3 Å². The Balaban J connectivity index is 1.51. The van der Waals surface area contributed by atoms with Crippen LogP contribution in [-0.2, 0) is 14.3 Å². The number of esters is 1. The van der Waals surface area contributed by atoms with Crippen LogP contribution >= 0.6 is 0 Å². The maximum absolute atomic E-state index is 12.6. The highest BCUT2D eigenvalue weighted by atomic mass is 16.6. The molecule has 0 aromatic carbocycles. The van der Waals surface area contributed by atoms with E-state index in [0.29, 0.717) is 18.2 Å². The highest BCUT2D eigenvalue weighted by molar-refractivity contribution is 6.00. The van der Waals surface area contributed by atoms with Crippen molar-refractivity contribution >= 4 is 23.0 Å². The molecule has 0 atom stereocenters. The van der Waals surface area contributed by atoms with Gasteiger partial charge in [0, 0.05) is 12.2 Å². The number of ether oxygens (including phenoxy) is 2. The number of furan rings is 1. The molecule has 1 saturated carbocycles. The van der Waals surface area contributed by atoms with E-state index in [9.17, 15) is 14.9 Å². The first-order chi connectivity index (χ1) is 13.8. The summed E-state index contributed by atoms with van der Waals surface area (Å²) in [6.07, 6.45) is 4.38. The lowest BCUT2D eigenvalue weighted by Crippen LogP contribution is -2.39. The molecule has 2 heterocycles. The van der Waals surface area contributed by atoms with E-state index >= 15 is 0 Å². The highest BCUT2D eigenvalue weighted by Crippen LogP contribution is 2.25. The molecule has 0 saturated heterocycles. The minimum absolute atomic E-state index is 0.00972. The molecule has 0 radical (unpaired) electrons. The Morgan fingerprint density at radius 1 is 1.31 bits per heavy atom. The molecule has 154 valence electrons. The second-order valence-electron chi connectivity index (χ2n) is 8.12. The average molecular weight is 399 g/mol. The zero-order valence-electron chi connectivity index (χ0n) is 16.9. The van der Waals surface area contributed by atoms with Gasteiger partial charge in [-0.25, -0.2) is 9.78 Å². The number of pyridine rings is 1. The molecule has 0 spiro atoms.